The quantitative estimate of drug-likeness (QED) is 0.177. The summed E-state index contributed by atoms with van der Waals surface area (Å²) in [6.07, 6.45) is 0. The first kappa shape index (κ1) is 31.1. The van der Waals surface area contributed by atoms with Crippen LogP contribution < -0.4 is 0 Å². The number of benzene rings is 8. The zero-order valence-electron chi connectivity index (χ0n) is 30.0. The molecular formula is C50H31N5S. The molecule has 262 valence electrons. The molecule has 0 aliphatic carbocycles. The zero-order valence-corrected chi connectivity index (χ0v) is 30.9. The van der Waals surface area contributed by atoms with Gasteiger partial charge in [-0.2, -0.15) is 0 Å². The molecule has 5 nitrogen and oxygen atoms in total. The van der Waals surface area contributed by atoms with Crippen molar-refractivity contribution in [1.82, 2.24) is 23.9 Å². The van der Waals surface area contributed by atoms with Crippen molar-refractivity contribution in [3.05, 3.63) is 188 Å². The molecule has 12 aromatic rings. The molecule has 0 unspecified atom stereocenters. The summed E-state index contributed by atoms with van der Waals surface area (Å²) in [5.41, 5.74) is 9.80. The van der Waals surface area contributed by atoms with Crippen LogP contribution in [0.1, 0.15) is 0 Å². The average molecular weight is 734 g/mol. The van der Waals surface area contributed by atoms with Gasteiger partial charge in [0.15, 0.2) is 11.6 Å². The van der Waals surface area contributed by atoms with Gasteiger partial charge in [0, 0.05) is 52.8 Å². The van der Waals surface area contributed by atoms with E-state index in [-0.39, 0.29) is 0 Å². The summed E-state index contributed by atoms with van der Waals surface area (Å²) in [6.45, 7) is 0. The first-order chi connectivity index (χ1) is 27.8. The molecule has 0 radical (unpaired) electrons. The second-order valence-electron chi connectivity index (χ2n) is 14.2. The molecule has 0 fully saturated rings. The summed E-state index contributed by atoms with van der Waals surface area (Å²) in [7, 11) is 0. The Labute approximate surface area is 325 Å². The monoisotopic (exact) mass is 733 g/mol. The highest BCUT2D eigenvalue weighted by Crippen LogP contribution is 2.45. The van der Waals surface area contributed by atoms with E-state index in [1.165, 1.54) is 42.0 Å². The van der Waals surface area contributed by atoms with Gasteiger partial charge in [-0.05, 0) is 54.6 Å². The Bertz CT molecular complexity index is 3480. The Morgan fingerprint density at radius 1 is 0.411 bits per heavy atom. The number of hydrogen-bond donors (Lipinski definition) is 0. The third-order valence-electron chi connectivity index (χ3n) is 11.1. The Hall–Kier alpha value is -7.28. The molecule has 12 rings (SSSR count). The summed E-state index contributed by atoms with van der Waals surface area (Å²) < 4.78 is 9.53. The van der Waals surface area contributed by atoms with E-state index in [0.29, 0.717) is 5.82 Å². The maximum Gasteiger partial charge on any atom is 0.182 e. The molecule has 0 aliphatic heterocycles. The highest BCUT2D eigenvalue weighted by Gasteiger charge is 2.24. The molecule has 4 aromatic heterocycles. The van der Waals surface area contributed by atoms with E-state index < -0.39 is 0 Å². The van der Waals surface area contributed by atoms with E-state index in [9.17, 15) is 0 Å². The fourth-order valence-corrected chi connectivity index (χ4v) is 10.0. The molecule has 8 aromatic carbocycles. The van der Waals surface area contributed by atoms with Crippen LogP contribution in [0.3, 0.4) is 0 Å². The van der Waals surface area contributed by atoms with Gasteiger partial charge in [-0.25, -0.2) is 9.67 Å². The first-order valence-corrected chi connectivity index (χ1v) is 19.7. The fourth-order valence-electron chi connectivity index (χ4n) is 8.75. The molecule has 4 heterocycles. The second-order valence-corrected chi connectivity index (χ2v) is 15.3. The van der Waals surface area contributed by atoms with Crippen molar-refractivity contribution >= 4 is 75.1 Å². The van der Waals surface area contributed by atoms with Crippen molar-refractivity contribution in [3.8, 4) is 39.8 Å². The molecule has 0 N–H and O–H groups in total. The van der Waals surface area contributed by atoms with Crippen LogP contribution in [0.15, 0.2) is 188 Å². The van der Waals surface area contributed by atoms with E-state index >= 15 is 0 Å². The van der Waals surface area contributed by atoms with Gasteiger partial charge >= 0.3 is 0 Å². The molecule has 0 amide bonds. The van der Waals surface area contributed by atoms with Crippen molar-refractivity contribution in [2.24, 2.45) is 0 Å². The Morgan fingerprint density at radius 2 is 0.982 bits per heavy atom. The highest BCUT2D eigenvalue weighted by molar-refractivity contribution is 7.26. The van der Waals surface area contributed by atoms with E-state index in [0.717, 1.165) is 55.8 Å². The normalized spacial score (nSPS) is 11.9. The number of aromatic nitrogens is 5. The standard InChI is InChI=1S/C50H31N5S/c1-3-16-32(17-4-1)49-51-50(55(52-49)33-18-5-2-6-19-33)38-23-15-28-43-46(38)36-21-7-10-24-39(36)53(43)41-26-12-13-27-42(41)54-40-25-11-8-22-37(40)47-44(54)31-30-35-34-20-9-14-29-45(34)56-48(35)47/h1-31H. The van der Waals surface area contributed by atoms with Crippen LogP contribution in [0.4, 0.5) is 0 Å². The van der Waals surface area contributed by atoms with Gasteiger partial charge in [0.2, 0.25) is 0 Å². The van der Waals surface area contributed by atoms with E-state index in [4.69, 9.17) is 10.1 Å². The van der Waals surface area contributed by atoms with Crippen molar-refractivity contribution in [2.45, 2.75) is 0 Å². The number of thiophene rings is 1. The minimum absolute atomic E-state index is 0.689. The van der Waals surface area contributed by atoms with Crippen LogP contribution in [0.5, 0.6) is 0 Å². The summed E-state index contributed by atoms with van der Waals surface area (Å²) in [4.78, 5) is 5.27. The van der Waals surface area contributed by atoms with Crippen molar-refractivity contribution < 1.29 is 0 Å². The number of fused-ring (bicyclic) bond motifs is 10. The number of para-hydroxylation sites is 5. The van der Waals surface area contributed by atoms with Gasteiger partial charge in [0.1, 0.15) is 0 Å². The minimum atomic E-state index is 0.689. The fraction of sp³-hybridized carbons (Fsp3) is 0. The van der Waals surface area contributed by atoms with Crippen LogP contribution in [0, 0.1) is 0 Å². The molecule has 0 spiro atoms. The van der Waals surface area contributed by atoms with Gasteiger partial charge in [0.25, 0.3) is 0 Å². The molecule has 0 atom stereocenters. The third kappa shape index (κ3) is 4.48. The maximum absolute atomic E-state index is 5.27. The largest absolute Gasteiger partial charge is 0.307 e. The molecule has 0 saturated carbocycles. The van der Waals surface area contributed by atoms with Crippen LogP contribution in [0.2, 0.25) is 0 Å². The van der Waals surface area contributed by atoms with Crippen LogP contribution >= 0.6 is 11.3 Å². The topological polar surface area (TPSA) is 40.6 Å². The number of hydrogen-bond acceptors (Lipinski definition) is 3. The second kappa shape index (κ2) is 12.1. The predicted molar refractivity (Wildman–Crippen MR) is 234 cm³/mol. The lowest BCUT2D eigenvalue weighted by molar-refractivity contribution is 0.891. The summed E-state index contributed by atoms with van der Waals surface area (Å²) in [5, 5.41) is 12.6. The zero-order chi connectivity index (χ0) is 36.7. The van der Waals surface area contributed by atoms with Gasteiger partial charge in [-0.15, -0.1) is 16.4 Å². The number of rotatable bonds is 5. The summed E-state index contributed by atoms with van der Waals surface area (Å²) >= 11 is 1.89. The molecule has 56 heavy (non-hydrogen) atoms. The Morgan fingerprint density at radius 3 is 1.71 bits per heavy atom. The van der Waals surface area contributed by atoms with E-state index in [2.05, 4.69) is 161 Å². The van der Waals surface area contributed by atoms with E-state index in [1.807, 2.05) is 52.4 Å². The van der Waals surface area contributed by atoms with Gasteiger partial charge in [0.05, 0.1) is 39.1 Å². The average Bonchev–Trinajstić information content (AvgIpc) is 4.04. The molecule has 0 bridgehead atoms. The molecular weight excluding hydrogens is 703 g/mol. The van der Waals surface area contributed by atoms with Gasteiger partial charge < -0.3 is 9.13 Å². The maximum atomic E-state index is 5.27. The van der Waals surface area contributed by atoms with Crippen molar-refractivity contribution in [1.29, 1.82) is 0 Å². The lowest BCUT2D eigenvalue weighted by Gasteiger charge is -2.16. The third-order valence-corrected chi connectivity index (χ3v) is 12.3. The SMILES string of the molecule is c1ccc(-c2nc(-c3cccc4c3c3ccccc3n4-c3ccccc3-n3c4ccccc4c4c5sc6ccccc6c5ccc43)n(-c3ccccc3)n2)cc1. The van der Waals surface area contributed by atoms with Crippen molar-refractivity contribution in [2.75, 3.05) is 0 Å². The van der Waals surface area contributed by atoms with Crippen LogP contribution in [-0.2, 0) is 0 Å². The lowest BCUT2D eigenvalue weighted by atomic mass is 10.1. The van der Waals surface area contributed by atoms with Gasteiger partial charge in [-0.1, -0.05) is 133 Å². The number of nitrogens with zero attached hydrogens (tertiary/aromatic N) is 5. The van der Waals surface area contributed by atoms with E-state index in [1.54, 1.807) is 0 Å². The van der Waals surface area contributed by atoms with Crippen LogP contribution in [0.25, 0.3) is 104 Å². The smallest absolute Gasteiger partial charge is 0.182 e. The minimum Gasteiger partial charge on any atom is -0.307 e. The summed E-state index contributed by atoms with van der Waals surface area (Å²) in [5.74, 6) is 1.49. The molecule has 6 heteroatoms. The Kier molecular flexibility index (Phi) is 6.73. The van der Waals surface area contributed by atoms with Crippen LogP contribution in [-0.4, -0.2) is 23.9 Å². The van der Waals surface area contributed by atoms with Gasteiger partial charge in [-0.3, -0.25) is 0 Å². The first-order valence-electron chi connectivity index (χ1n) is 18.9. The highest BCUT2D eigenvalue weighted by atomic mass is 32.1. The molecule has 0 aliphatic rings. The van der Waals surface area contributed by atoms with Crippen molar-refractivity contribution in [3.63, 3.8) is 0 Å². The lowest BCUT2D eigenvalue weighted by Crippen LogP contribution is -2.03. The summed E-state index contributed by atoms with van der Waals surface area (Å²) in [6, 6.07) is 66.9. The Balaban J connectivity index is 1.15. The molecule has 0 saturated heterocycles. The predicted octanol–water partition coefficient (Wildman–Crippen LogP) is 13.2.